The molecule has 6 nitrogen and oxygen atoms in total. The number of hydrogen-bond donors (Lipinski definition) is 1. The zero-order valence-corrected chi connectivity index (χ0v) is 17.6. The molecule has 1 atom stereocenters. The fraction of sp³-hybridized carbons (Fsp3) is 0.455. The molecular weight excluding hydrogens is 430 g/mol. The van der Waals surface area contributed by atoms with Gasteiger partial charge in [0.2, 0.25) is 5.88 Å². The monoisotopic (exact) mass is 453 g/mol. The Labute approximate surface area is 182 Å². The molecule has 1 aliphatic rings. The minimum atomic E-state index is -4.30. The molecule has 1 saturated carbocycles. The van der Waals surface area contributed by atoms with Gasteiger partial charge in [0.15, 0.2) is 6.61 Å². The second-order valence-corrected chi connectivity index (χ2v) is 7.89. The Morgan fingerprint density at radius 3 is 2.59 bits per heavy atom. The van der Waals surface area contributed by atoms with Gasteiger partial charge in [0.1, 0.15) is 5.78 Å². The number of aromatic nitrogens is 2. The van der Waals surface area contributed by atoms with E-state index in [9.17, 15) is 27.2 Å². The van der Waals surface area contributed by atoms with E-state index in [1.165, 1.54) is 13.0 Å². The van der Waals surface area contributed by atoms with E-state index in [0.717, 1.165) is 24.6 Å². The quantitative estimate of drug-likeness (QED) is 0.549. The molecule has 1 amide bonds. The van der Waals surface area contributed by atoms with Crippen LogP contribution < -0.4 is 10.1 Å². The predicted octanol–water partition coefficient (Wildman–Crippen LogP) is 4.08. The molecule has 2 aromatic rings. The van der Waals surface area contributed by atoms with Crippen molar-refractivity contribution in [2.24, 2.45) is 5.92 Å². The number of carbonyl (C=O) groups excluding carboxylic acids is 2. The van der Waals surface area contributed by atoms with Crippen molar-refractivity contribution in [2.75, 3.05) is 6.61 Å². The Morgan fingerprint density at radius 1 is 1.25 bits per heavy atom. The third-order valence-corrected chi connectivity index (χ3v) is 5.09. The molecular formula is C22H23F4N3O3. The van der Waals surface area contributed by atoms with Gasteiger partial charge < -0.3 is 10.1 Å². The molecule has 2 aromatic heterocycles. The highest BCUT2D eigenvalue weighted by Gasteiger charge is 2.42. The first-order valence-corrected chi connectivity index (χ1v) is 10.1. The van der Waals surface area contributed by atoms with Crippen molar-refractivity contribution in [3.63, 3.8) is 0 Å². The van der Waals surface area contributed by atoms with E-state index in [1.807, 2.05) is 0 Å². The average Bonchev–Trinajstić information content (AvgIpc) is 3.58. The van der Waals surface area contributed by atoms with Gasteiger partial charge in [-0.2, -0.15) is 8.78 Å². The number of ketones is 1. The molecule has 0 radical (unpaired) electrons. The fourth-order valence-corrected chi connectivity index (χ4v) is 3.02. The Morgan fingerprint density at radius 2 is 1.97 bits per heavy atom. The highest BCUT2D eigenvalue weighted by atomic mass is 19.3. The summed E-state index contributed by atoms with van der Waals surface area (Å²) in [5.74, 6) is -4.71. The number of carbonyl (C=O) groups is 2. The van der Waals surface area contributed by atoms with Gasteiger partial charge in [-0.3, -0.25) is 14.6 Å². The van der Waals surface area contributed by atoms with Gasteiger partial charge in [-0.1, -0.05) is 0 Å². The van der Waals surface area contributed by atoms with Crippen LogP contribution in [0.25, 0.3) is 0 Å². The summed E-state index contributed by atoms with van der Waals surface area (Å²) in [6.07, 6.45) is 0.967. The van der Waals surface area contributed by atoms with Gasteiger partial charge >= 0.3 is 12.3 Å². The Bertz CT molecular complexity index is 996. The zero-order chi connectivity index (χ0) is 23.5. The first-order valence-electron chi connectivity index (χ1n) is 10.1. The Kier molecular flexibility index (Phi) is 7.10. The SMILES string of the molecule is Cc1cc(C(=O)NC(C)c2ccnc(CC(=O)C3CC3)c2)cnc1OCC(F)(F)C(F)F. The van der Waals surface area contributed by atoms with Crippen LogP contribution in [0.3, 0.4) is 0 Å². The van der Waals surface area contributed by atoms with Gasteiger partial charge in [0, 0.05) is 36.0 Å². The molecule has 1 fully saturated rings. The van der Waals surface area contributed by atoms with Crippen LogP contribution >= 0.6 is 0 Å². The van der Waals surface area contributed by atoms with E-state index >= 15 is 0 Å². The number of ether oxygens (including phenoxy) is 1. The summed E-state index contributed by atoms with van der Waals surface area (Å²) in [5, 5.41) is 2.79. The minimum absolute atomic E-state index is 0.141. The van der Waals surface area contributed by atoms with Crippen molar-refractivity contribution in [3.05, 3.63) is 53.0 Å². The molecule has 0 spiro atoms. The summed E-state index contributed by atoms with van der Waals surface area (Å²) < 4.78 is 55.3. The average molecular weight is 453 g/mol. The molecule has 3 rings (SSSR count). The molecule has 172 valence electrons. The van der Waals surface area contributed by atoms with Crippen LogP contribution in [0.1, 0.15) is 53.0 Å². The molecule has 32 heavy (non-hydrogen) atoms. The molecule has 0 saturated heterocycles. The number of hydrogen-bond acceptors (Lipinski definition) is 5. The maximum Gasteiger partial charge on any atom is 0.340 e. The summed E-state index contributed by atoms with van der Waals surface area (Å²) in [6.45, 7) is 1.72. The first-order chi connectivity index (χ1) is 15.1. The molecule has 2 heterocycles. The van der Waals surface area contributed by atoms with Crippen molar-refractivity contribution < 1.29 is 31.9 Å². The largest absolute Gasteiger partial charge is 0.471 e. The number of nitrogens with zero attached hydrogens (tertiary/aromatic N) is 2. The number of aryl methyl sites for hydroxylation is 1. The number of rotatable bonds is 10. The third-order valence-electron chi connectivity index (χ3n) is 5.09. The van der Waals surface area contributed by atoms with Gasteiger partial charge in [0.25, 0.3) is 5.91 Å². The molecule has 0 aromatic carbocycles. The second kappa shape index (κ2) is 9.62. The van der Waals surface area contributed by atoms with E-state index < -0.39 is 30.9 Å². The predicted molar refractivity (Wildman–Crippen MR) is 107 cm³/mol. The highest BCUT2D eigenvalue weighted by molar-refractivity contribution is 5.94. The lowest BCUT2D eigenvalue weighted by Crippen LogP contribution is -2.34. The van der Waals surface area contributed by atoms with Crippen LogP contribution in [0.4, 0.5) is 17.6 Å². The zero-order valence-electron chi connectivity index (χ0n) is 17.6. The summed E-state index contributed by atoms with van der Waals surface area (Å²) in [4.78, 5) is 32.6. The molecule has 1 unspecified atom stereocenters. The van der Waals surface area contributed by atoms with E-state index in [0.29, 0.717) is 5.69 Å². The number of pyridine rings is 2. The smallest absolute Gasteiger partial charge is 0.340 e. The lowest BCUT2D eigenvalue weighted by atomic mass is 10.1. The number of nitrogens with one attached hydrogen (secondary N) is 1. The number of amides is 1. The molecule has 0 aliphatic heterocycles. The topological polar surface area (TPSA) is 81.2 Å². The van der Waals surface area contributed by atoms with Crippen molar-refractivity contribution in [2.45, 2.75) is 51.5 Å². The fourth-order valence-electron chi connectivity index (χ4n) is 3.02. The van der Waals surface area contributed by atoms with Crippen molar-refractivity contribution in [1.82, 2.24) is 15.3 Å². The van der Waals surface area contributed by atoms with Gasteiger partial charge in [0.05, 0.1) is 11.6 Å². The van der Waals surface area contributed by atoms with E-state index in [4.69, 9.17) is 4.74 Å². The van der Waals surface area contributed by atoms with Crippen LogP contribution in [0.5, 0.6) is 5.88 Å². The third kappa shape index (κ3) is 6.02. The molecule has 10 heteroatoms. The normalized spacial score (nSPS) is 14.8. The van der Waals surface area contributed by atoms with Crippen molar-refractivity contribution in [1.29, 1.82) is 0 Å². The maximum atomic E-state index is 13.0. The summed E-state index contributed by atoms with van der Waals surface area (Å²) in [5.41, 5.74) is 1.81. The van der Waals surface area contributed by atoms with Crippen molar-refractivity contribution >= 4 is 11.7 Å². The van der Waals surface area contributed by atoms with E-state index in [-0.39, 0.29) is 35.1 Å². The summed E-state index contributed by atoms with van der Waals surface area (Å²) in [6, 6.07) is 4.48. The van der Waals surface area contributed by atoms with Crippen LogP contribution in [0.2, 0.25) is 0 Å². The first kappa shape index (κ1) is 23.6. The van der Waals surface area contributed by atoms with Crippen molar-refractivity contribution in [3.8, 4) is 5.88 Å². The Balaban J connectivity index is 1.61. The molecule has 1 aliphatic carbocycles. The Hall–Kier alpha value is -3.04. The number of Topliss-reactive ketones (excluding diaryl/α,β-unsaturated/α-hetero) is 1. The molecule has 1 N–H and O–H groups in total. The lowest BCUT2D eigenvalue weighted by molar-refractivity contribution is -0.148. The van der Waals surface area contributed by atoms with Gasteiger partial charge in [-0.15, -0.1) is 0 Å². The molecule has 0 bridgehead atoms. The van der Waals surface area contributed by atoms with E-state index in [2.05, 4.69) is 15.3 Å². The second-order valence-electron chi connectivity index (χ2n) is 7.89. The van der Waals surface area contributed by atoms with E-state index in [1.54, 1.807) is 25.3 Å². The number of alkyl halides is 4. The summed E-state index contributed by atoms with van der Waals surface area (Å²) in [7, 11) is 0. The standard InChI is InChI=1S/C22H23F4N3O3/c1-12-7-16(10-28-20(12)32-11-22(25,26)21(23)24)19(31)29-13(2)15-5-6-27-17(8-15)9-18(30)14-3-4-14/h5-8,10,13-14,21H,3-4,9,11H2,1-2H3,(H,29,31). The van der Waals surface area contributed by atoms with Crippen LogP contribution in [0, 0.1) is 12.8 Å². The lowest BCUT2D eigenvalue weighted by Gasteiger charge is -2.17. The van der Waals surface area contributed by atoms with Gasteiger partial charge in [-0.05, 0) is 50.5 Å². The number of halogens is 4. The van der Waals surface area contributed by atoms with Gasteiger partial charge in [-0.25, -0.2) is 13.8 Å². The maximum absolute atomic E-state index is 13.0. The van der Waals surface area contributed by atoms with Crippen LogP contribution in [0.15, 0.2) is 30.6 Å². The van der Waals surface area contributed by atoms with Crippen LogP contribution in [-0.2, 0) is 11.2 Å². The minimum Gasteiger partial charge on any atom is -0.471 e. The highest BCUT2D eigenvalue weighted by Crippen LogP contribution is 2.31. The van der Waals surface area contributed by atoms with Crippen LogP contribution in [-0.4, -0.2) is 40.6 Å². The summed E-state index contributed by atoms with van der Waals surface area (Å²) >= 11 is 0.